The summed E-state index contributed by atoms with van der Waals surface area (Å²) >= 11 is 0. The highest BCUT2D eigenvalue weighted by atomic mass is 16.5. The number of urea groups is 1. The van der Waals surface area contributed by atoms with Crippen LogP contribution in [-0.2, 0) is 4.74 Å². The summed E-state index contributed by atoms with van der Waals surface area (Å²) in [6.07, 6.45) is 5.49. The van der Waals surface area contributed by atoms with Crippen LogP contribution in [0.1, 0.15) is 32.1 Å². The second-order valence-electron chi connectivity index (χ2n) is 4.38. The number of nitrogens with zero attached hydrogens (tertiary/aromatic N) is 1. The molecule has 0 aromatic carbocycles. The van der Waals surface area contributed by atoms with Crippen molar-refractivity contribution in [3.05, 3.63) is 0 Å². The summed E-state index contributed by atoms with van der Waals surface area (Å²) in [5.41, 5.74) is 0. The third-order valence-corrected chi connectivity index (χ3v) is 3.19. The molecule has 2 fully saturated rings. The summed E-state index contributed by atoms with van der Waals surface area (Å²) < 4.78 is 5.26. The van der Waals surface area contributed by atoms with E-state index in [1.165, 1.54) is 6.42 Å². The number of hydrogen-bond acceptors (Lipinski definition) is 2. The van der Waals surface area contributed by atoms with Gasteiger partial charge in [0.05, 0.1) is 0 Å². The maximum atomic E-state index is 11.8. The van der Waals surface area contributed by atoms with Crippen molar-refractivity contribution in [1.29, 1.82) is 0 Å². The van der Waals surface area contributed by atoms with Gasteiger partial charge in [0.1, 0.15) is 0 Å². The van der Waals surface area contributed by atoms with Gasteiger partial charge in [0.15, 0.2) is 0 Å². The largest absolute Gasteiger partial charge is 0.381 e. The van der Waals surface area contributed by atoms with Crippen LogP contribution in [0.2, 0.25) is 0 Å². The van der Waals surface area contributed by atoms with Gasteiger partial charge in [-0.25, -0.2) is 4.79 Å². The highest BCUT2D eigenvalue weighted by Crippen LogP contribution is 2.11. The average molecular weight is 212 g/mol. The normalized spacial score (nSPS) is 23.9. The average Bonchev–Trinajstić information content (AvgIpc) is 2.31. The number of hydrogen-bond donors (Lipinski definition) is 1. The number of ether oxygens (including phenoxy) is 1. The Bertz CT molecular complexity index is 209. The number of carbonyl (C=O) groups is 1. The van der Waals surface area contributed by atoms with Crippen LogP contribution in [0.15, 0.2) is 0 Å². The van der Waals surface area contributed by atoms with Crippen molar-refractivity contribution in [3.8, 4) is 0 Å². The molecule has 0 bridgehead atoms. The molecule has 0 aliphatic carbocycles. The predicted octanol–water partition coefficient (Wildman–Crippen LogP) is 1.36. The predicted molar refractivity (Wildman–Crippen MR) is 57.8 cm³/mol. The molecule has 1 N–H and O–H groups in total. The molecule has 15 heavy (non-hydrogen) atoms. The van der Waals surface area contributed by atoms with Crippen molar-refractivity contribution in [2.45, 2.75) is 38.1 Å². The Morgan fingerprint density at radius 1 is 1.13 bits per heavy atom. The number of amides is 2. The molecule has 2 aliphatic rings. The lowest BCUT2D eigenvalue weighted by Crippen LogP contribution is -2.48. The summed E-state index contributed by atoms with van der Waals surface area (Å²) in [6, 6.07) is 0.453. The molecule has 86 valence electrons. The van der Waals surface area contributed by atoms with Crippen molar-refractivity contribution < 1.29 is 9.53 Å². The van der Waals surface area contributed by atoms with Crippen LogP contribution in [0, 0.1) is 0 Å². The van der Waals surface area contributed by atoms with Crippen LogP contribution < -0.4 is 5.32 Å². The van der Waals surface area contributed by atoms with Gasteiger partial charge in [-0.3, -0.25) is 0 Å². The Morgan fingerprint density at radius 3 is 2.47 bits per heavy atom. The lowest BCUT2D eigenvalue weighted by atomic mass is 10.1. The Kier molecular flexibility index (Phi) is 3.83. The lowest BCUT2D eigenvalue weighted by Gasteiger charge is -2.30. The van der Waals surface area contributed by atoms with Crippen molar-refractivity contribution in [2.24, 2.45) is 0 Å². The molecule has 0 aromatic heterocycles. The van der Waals surface area contributed by atoms with Crippen LogP contribution in [-0.4, -0.2) is 43.3 Å². The fourth-order valence-corrected chi connectivity index (χ4v) is 2.20. The topological polar surface area (TPSA) is 41.6 Å². The highest BCUT2D eigenvalue weighted by molar-refractivity contribution is 5.74. The maximum Gasteiger partial charge on any atom is 0.317 e. The van der Waals surface area contributed by atoms with E-state index in [9.17, 15) is 4.79 Å². The smallest absolute Gasteiger partial charge is 0.317 e. The number of likely N-dealkylation sites (tertiary alicyclic amines) is 1. The van der Waals surface area contributed by atoms with Crippen LogP contribution in [0.5, 0.6) is 0 Å². The van der Waals surface area contributed by atoms with Crippen molar-refractivity contribution in [2.75, 3.05) is 26.3 Å². The van der Waals surface area contributed by atoms with Crippen molar-refractivity contribution in [1.82, 2.24) is 10.2 Å². The zero-order chi connectivity index (χ0) is 10.5. The van der Waals surface area contributed by atoms with E-state index in [1.54, 1.807) is 0 Å². The van der Waals surface area contributed by atoms with Crippen LogP contribution in [0.4, 0.5) is 4.79 Å². The zero-order valence-corrected chi connectivity index (χ0v) is 9.21. The van der Waals surface area contributed by atoms with Gasteiger partial charge < -0.3 is 15.0 Å². The molecule has 0 radical (unpaired) electrons. The molecular weight excluding hydrogens is 192 g/mol. The summed E-state index contributed by atoms with van der Waals surface area (Å²) in [5.74, 6) is 0. The van der Waals surface area contributed by atoms with E-state index in [2.05, 4.69) is 5.32 Å². The number of carbonyl (C=O) groups excluding carboxylic acids is 1. The van der Waals surface area contributed by atoms with Gasteiger partial charge in [-0.1, -0.05) is 0 Å². The molecule has 2 rings (SSSR count). The Labute approximate surface area is 91.0 Å². The Morgan fingerprint density at radius 2 is 1.80 bits per heavy atom. The number of rotatable bonds is 1. The summed E-state index contributed by atoms with van der Waals surface area (Å²) in [4.78, 5) is 13.8. The molecule has 0 unspecified atom stereocenters. The van der Waals surface area contributed by atoms with E-state index in [4.69, 9.17) is 4.74 Å². The van der Waals surface area contributed by atoms with Gasteiger partial charge in [-0.15, -0.1) is 0 Å². The summed E-state index contributed by atoms with van der Waals surface area (Å²) in [7, 11) is 0. The maximum absolute atomic E-state index is 11.8. The third-order valence-electron chi connectivity index (χ3n) is 3.19. The van der Waals surface area contributed by atoms with Crippen LogP contribution in [0.25, 0.3) is 0 Å². The molecule has 0 atom stereocenters. The number of piperidine rings is 1. The highest BCUT2D eigenvalue weighted by Gasteiger charge is 2.21. The zero-order valence-electron chi connectivity index (χ0n) is 9.21. The first-order chi connectivity index (χ1) is 7.36. The molecule has 0 spiro atoms. The van der Waals surface area contributed by atoms with Gasteiger partial charge in [-0.05, 0) is 32.1 Å². The molecular formula is C11H20N2O2. The minimum atomic E-state index is 0.126. The number of nitrogens with one attached hydrogen (secondary N) is 1. The standard InChI is InChI=1S/C11H20N2O2/c14-11(13-6-2-1-3-7-13)12-10-4-8-15-9-5-10/h10H,1-9H2,(H,12,14). The monoisotopic (exact) mass is 212 g/mol. The molecule has 2 amide bonds. The molecule has 0 aromatic rings. The second-order valence-corrected chi connectivity index (χ2v) is 4.38. The molecule has 4 nitrogen and oxygen atoms in total. The fourth-order valence-electron chi connectivity index (χ4n) is 2.20. The minimum Gasteiger partial charge on any atom is -0.381 e. The van der Waals surface area contributed by atoms with Crippen molar-refractivity contribution in [3.63, 3.8) is 0 Å². The van der Waals surface area contributed by atoms with Gasteiger partial charge >= 0.3 is 6.03 Å². The summed E-state index contributed by atoms with van der Waals surface area (Å²) in [6.45, 7) is 3.42. The van der Waals surface area contributed by atoms with Gasteiger partial charge in [0.25, 0.3) is 0 Å². The van der Waals surface area contributed by atoms with E-state index in [0.717, 1.165) is 52.0 Å². The molecule has 2 aliphatic heterocycles. The Balaban J connectivity index is 1.74. The third kappa shape index (κ3) is 3.09. The first kappa shape index (κ1) is 10.7. The van der Waals surface area contributed by atoms with Gasteiger partial charge in [-0.2, -0.15) is 0 Å². The molecule has 0 saturated carbocycles. The lowest BCUT2D eigenvalue weighted by molar-refractivity contribution is 0.0776. The molecule has 4 heteroatoms. The van der Waals surface area contributed by atoms with Crippen LogP contribution in [0.3, 0.4) is 0 Å². The van der Waals surface area contributed by atoms with E-state index in [0.29, 0.717) is 6.04 Å². The fraction of sp³-hybridized carbons (Fsp3) is 0.909. The molecule has 2 heterocycles. The minimum absolute atomic E-state index is 0.126. The summed E-state index contributed by atoms with van der Waals surface area (Å²) in [5, 5.41) is 3.10. The van der Waals surface area contributed by atoms with E-state index >= 15 is 0 Å². The SMILES string of the molecule is O=C(NC1CCOCC1)N1CCCCC1. The first-order valence-corrected chi connectivity index (χ1v) is 5.99. The van der Waals surface area contributed by atoms with Crippen molar-refractivity contribution >= 4 is 6.03 Å². The van der Waals surface area contributed by atoms with Gasteiger partial charge in [0.2, 0.25) is 0 Å². The van der Waals surface area contributed by atoms with Crippen LogP contribution >= 0.6 is 0 Å². The van der Waals surface area contributed by atoms with E-state index < -0.39 is 0 Å². The second kappa shape index (κ2) is 5.35. The quantitative estimate of drug-likeness (QED) is 0.713. The van der Waals surface area contributed by atoms with E-state index in [-0.39, 0.29) is 6.03 Å². The van der Waals surface area contributed by atoms with E-state index in [1.807, 2.05) is 4.90 Å². The molecule has 2 saturated heterocycles. The Hall–Kier alpha value is -0.770. The van der Waals surface area contributed by atoms with Gasteiger partial charge in [0, 0.05) is 32.3 Å². The first-order valence-electron chi connectivity index (χ1n) is 5.99.